The Morgan fingerprint density at radius 3 is 2.63 bits per heavy atom. The van der Waals surface area contributed by atoms with Crippen LogP contribution in [0.1, 0.15) is 18.5 Å². The number of carboxylic acids is 1. The summed E-state index contributed by atoms with van der Waals surface area (Å²) in [6.07, 6.45) is 6.16. The van der Waals surface area contributed by atoms with E-state index in [1.807, 2.05) is 19.1 Å². The van der Waals surface area contributed by atoms with Crippen LogP contribution in [0.15, 0.2) is 30.5 Å². The first-order chi connectivity index (χ1) is 9.08. The van der Waals surface area contributed by atoms with Crippen LogP contribution in [0.5, 0.6) is 0 Å². The molecule has 2 N–H and O–H groups in total. The number of aryl methyl sites for hydroxylation is 1. The van der Waals surface area contributed by atoms with Gasteiger partial charge in [-0.05, 0) is 31.9 Å². The van der Waals surface area contributed by atoms with Gasteiger partial charge in [-0.15, -0.1) is 0 Å². The van der Waals surface area contributed by atoms with Crippen LogP contribution in [0.3, 0.4) is 0 Å². The van der Waals surface area contributed by atoms with Gasteiger partial charge < -0.3 is 10.4 Å². The zero-order valence-electron chi connectivity index (χ0n) is 10.7. The Morgan fingerprint density at radius 1 is 1.32 bits per heavy atom. The topological polar surface area (TPSA) is 79.3 Å². The minimum atomic E-state index is -0.921. The van der Waals surface area contributed by atoms with E-state index in [0.717, 1.165) is 5.69 Å². The van der Waals surface area contributed by atoms with E-state index in [0.29, 0.717) is 18.5 Å². The van der Waals surface area contributed by atoms with Crippen molar-refractivity contribution in [2.45, 2.75) is 19.8 Å². The number of pyridine rings is 1. The molecular formula is C14H16N2O3. The lowest BCUT2D eigenvalue weighted by Crippen LogP contribution is -2.34. The van der Waals surface area contributed by atoms with Crippen LogP contribution in [-0.2, 0) is 9.59 Å². The van der Waals surface area contributed by atoms with Crippen LogP contribution >= 0.6 is 0 Å². The molecular weight excluding hydrogens is 244 g/mol. The molecule has 0 bridgehead atoms. The molecule has 0 aromatic carbocycles. The summed E-state index contributed by atoms with van der Waals surface area (Å²) in [6.45, 7) is 1.83. The van der Waals surface area contributed by atoms with Crippen LogP contribution in [-0.4, -0.2) is 22.0 Å². The molecule has 0 fully saturated rings. The smallest absolute Gasteiger partial charge is 0.307 e. The maximum absolute atomic E-state index is 12.2. The Morgan fingerprint density at radius 2 is 2.00 bits per heavy atom. The van der Waals surface area contributed by atoms with E-state index >= 15 is 0 Å². The summed E-state index contributed by atoms with van der Waals surface area (Å²) in [5.74, 6) is -2.33. The third-order valence-electron chi connectivity index (χ3n) is 3.25. The first kappa shape index (κ1) is 13.3. The summed E-state index contributed by atoms with van der Waals surface area (Å²) < 4.78 is 0. The van der Waals surface area contributed by atoms with E-state index in [2.05, 4.69) is 10.3 Å². The van der Waals surface area contributed by atoms with Crippen molar-refractivity contribution in [3.05, 3.63) is 36.2 Å². The number of carbonyl (C=O) groups is 2. The fourth-order valence-corrected chi connectivity index (χ4v) is 2.24. The number of nitrogens with zero attached hydrogens (tertiary/aromatic N) is 1. The molecule has 1 aromatic heterocycles. The van der Waals surface area contributed by atoms with Gasteiger partial charge in [-0.1, -0.05) is 12.2 Å². The van der Waals surface area contributed by atoms with E-state index < -0.39 is 17.8 Å². The highest BCUT2D eigenvalue weighted by atomic mass is 16.4. The van der Waals surface area contributed by atoms with Crippen molar-refractivity contribution in [3.8, 4) is 0 Å². The summed E-state index contributed by atoms with van der Waals surface area (Å²) in [5.41, 5.74) is 1.45. The van der Waals surface area contributed by atoms with Crippen LogP contribution in [0.4, 0.5) is 5.69 Å². The van der Waals surface area contributed by atoms with Crippen LogP contribution in [0, 0.1) is 18.8 Å². The van der Waals surface area contributed by atoms with Crippen molar-refractivity contribution < 1.29 is 14.7 Å². The number of rotatable bonds is 3. The third kappa shape index (κ3) is 3.19. The van der Waals surface area contributed by atoms with Gasteiger partial charge in [0.05, 0.1) is 11.8 Å². The molecule has 0 radical (unpaired) electrons. The fourth-order valence-electron chi connectivity index (χ4n) is 2.24. The van der Waals surface area contributed by atoms with Gasteiger partial charge in [0.25, 0.3) is 0 Å². The van der Waals surface area contributed by atoms with Gasteiger partial charge in [0.2, 0.25) is 5.91 Å². The molecule has 0 spiro atoms. The van der Waals surface area contributed by atoms with E-state index in [1.165, 1.54) is 0 Å². The number of hydrogen-bond donors (Lipinski definition) is 2. The Balaban J connectivity index is 2.10. The first-order valence-electron chi connectivity index (χ1n) is 6.19. The number of amides is 1. The van der Waals surface area contributed by atoms with Gasteiger partial charge in [-0.3, -0.25) is 14.6 Å². The molecule has 100 valence electrons. The average molecular weight is 260 g/mol. The van der Waals surface area contributed by atoms with Crippen molar-refractivity contribution >= 4 is 17.6 Å². The largest absolute Gasteiger partial charge is 0.481 e. The second-order valence-corrected chi connectivity index (χ2v) is 4.67. The normalized spacial score (nSPS) is 21.9. The molecule has 1 aliphatic rings. The molecule has 1 amide bonds. The Labute approximate surface area is 111 Å². The highest BCUT2D eigenvalue weighted by Gasteiger charge is 2.33. The van der Waals surface area contributed by atoms with E-state index in [4.69, 9.17) is 5.11 Å². The van der Waals surface area contributed by atoms with E-state index in [1.54, 1.807) is 18.3 Å². The summed E-state index contributed by atoms with van der Waals surface area (Å²) in [4.78, 5) is 27.4. The fraction of sp³-hybridized carbons (Fsp3) is 0.357. The van der Waals surface area contributed by atoms with Gasteiger partial charge in [0, 0.05) is 17.6 Å². The lowest BCUT2D eigenvalue weighted by atomic mass is 9.82. The SMILES string of the molecule is Cc1cc(NC(=O)C2CC=CCC2C(=O)O)ccn1. The van der Waals surface area contributed by atoms with Gasteiger partial charge >= 0.3 is 5.97 Å². The number of anilines is 1. The van der Waals surface area contributed by atoms with Gasteiger partial charge in [-0.2, -0.15) is 0 Å². The molecule has 0 saturated carbocycles. The van der Waals surface area contributed by atoms with Crippen LogP contribution in [0.25, 0.3) is 0 Å². The first-order valence-corrected chi connectivity index (χ1v) is 6.19. The molecule has 2 unspecified atom stereocenters. The highest BCUT2D eigenvalue weighted by molar-refractivity contribution is 5.95. The second kappa shape index (κ2) is 5.65. The van der Waals surface area contributed by atoms with Crippen LogP contribution < -0.4 is 5.32 Å². The number of carbonyl (C=O) groups excluding carboxylic acids is 1. The molecule has 1 aromatic rings. The molecule has 5 nitrogen and oxygen atoms in total. The lowest BCUT2D eigenvalue weighted by Gasteiger charge is -2.24. The minimum absolute atomic E-state index is 0.248. The van der Waals surface area contributed by atoms with Gasteiger partial charge in [-0.25, -0.2) is 0 Å². The monoisotopic (exact) mass is 260 g/mol. The number of aliphatic carboxylic acids is 1. The third-order valence-corrected chi connectivity index (χ3v) is 3.25. The van der Waals surface area contributed by atoms with E-state index in [-0.39, 0.29) is 5.91 Å². The zero-order valence-corrected chi connectivity index (χ0v) is 10.7. The van der Waals surface area contributed by atoms with Crippen molar-refractivity contribution in [2.75, 3.05) is 5.32 Å². The number of hydrogen-bond acceptors (Lipinski definition) is 3. The Hall–Kier alpha value is -2.17. The zero-order chi connectivity index (χ0) is 13.8. The predicted molar refractivity (Wildman–Crippen MR) is 70.6 cm³/mol. The molecule has 19 heavy (non-hydrogen) atoms. The van der Waals surface area contributed by atoms with E-state index in [9.17, 15) is 9.59 Å². The standard InChI is InChI=1S/C14H16N2O3/c1-9-8-10(6-7-15-9)16-13(17)11-4-2-3-5-12(11)14(18)19/h2-3,6-8,11-12H,4-5H2,1H3,(H,18,19)(H,15,16,17). The van der Waals surface area contributed by atoms with Crippen molar-refractivity contribution in [1.29, 1.82) is 0 Å². The van der Waals surface area contributed by atoms with Crippen molar-refractivity contribution in [3.63, 3.8) is 0 Å². The highest BCUT2D eigenvalue weighted by Crippen LogP contribution is 2.27. The molecule has 0 aliphatic heterocycles. The summed E-state index contributed by atoms with van der Waals surface area (Å²) in [7, 11) is 0. The van der Waals surface area contributed by atoms with Gasteiger partial charge in [0.15, 0.2) is 0 Å². The summed E-state index contributed by atoms with van der Waals surface area (Å²) in [5, 5.41) is 11.9. The van der Waals surface area contributed by atoms with Crippen molar-refractivity contribution in [1.82, 2.24) is 4.98 Å². The Kier molecular flexibility index (Phi) is 3.94. The number of aromatic nitrogens is 1. The Bertz CT molecular complexity index is 525. The van der Waals surface area contributed by atoms with Crippen molar-refractivity contribution in [2.24, 2.45) is 11.8 Å². The predicted octanol–water partition coefficient (Wildman–Crippen LogP) is 2.00. The summed E-state index contributed by atoms with van der Waals surface area (Å²) >= 11 is 0. The molecule has 2 rings (SSSR count). The molecule has 1 aliphatic carbocycles. The quantitative estimate of drug-likeness (QED) is 0.815. The number of allylic oxidation sites excluding steroid dienone is 2. The number of nitrogens with one attached hydrogen (secondary N) is 1. The molecule has 1 heterocycles. The molecule has 5 heteroatoms. The molecule has 2 atom stereocenters. The molecule has 0 saturated heterocycles. The summed E-state index contributed by atoms with van der Waals surface area (Å²) in [6, 6.07) is 3.45. The lowest BCUT2D eigenvalue weighted by molar-refractivity contribution is -0.146. The average Bonchev–Trinajstić information content (AvgIpc) is 2.38. The van der Waals surface area contributed by atoms with Gasteiger partial charge in [0.1, 0.15) is 0 Å². The van der Waals surface area contributed by atoms with Crippen LogP contribution in [0.2, 0.25) is 0 Å². The maximum Gasteiger partial charge on any atom is 0.307 e. The minimum Gasteiger partial charge on any atom is -0.481 e. The number of carboxylic acid groups (broad SMARTS) is 1. The maximum atomic E-state index is 12.2. The second-order valence-electron chi connectivity index (χ2n) is 4.67.